The van der Waals surface area contributed by atoms with E-state index in [1.807, 2.05) is 0 Å². The number of hydrogen-bond acceptors (Lipinski definition) is 5. The predicted molar refractivity (Wildman–Crippen MR) is 62.1 cm³/mol. The summed E-state index contributed by atoms with van der Waals surface area (Å²) in [5, 5.41) is 2.14. The number of esters is 1. The first kappa shape index (κ1) is 15.6. The molecule has 0 radical (unpaired) electrons. The molecular formula is C9H15F2N3O4S. The normalized spacial score (nSPS) is 19.6. The fourth-order valence-corrected chi connectivity index (χ4v) is 2.39. The molecule has 0 saturated carbocycles. The van der Waals surface area contributed by atoms with Crippen LogP contribution in [0.3, 0.4) is 0 Å². The summed E-state index contributed by atoms with van der Waals surface area (Å²) < 4.78 is 55.1. The van der Waals surface area contributed by atoms with Crippen LogP contribution in [-0.4, -0.2) is 56.3 Å². The molecule has 1 N–H and O–H groups in total. The van der Waals surface area contributed by atoms with Crippen LogP contribution in [-0.2, 0) is 19.7 Å². The lowest BCUT2D eigenvalue weighted by Gasteiger charge is -2.25. The number of rotatable bonds is 5. The van der Waals surface area contributed by atoms with Gasteiger partial charge >= 0.3 is 16.2 Å². The maximum atomic E-state index is 12.6. The SMILES string of the molecule is CCOC(=O)C1NC(C(F)F)=CN1S(=O)(=O)N(C)C. The zero-order chi connectivity index (χ0) is 14.8. The van der Waals surface area contributed by atoms with Gasteiger partial charge in [-0.25, -0.2) is 17.9 Å². The quantitative estimate of drug-likeness (QED) is 0.705. The molecular weight excluding hydrogens is 284 g/mol. The number of ether oxygens (including phenoxy) is 1. The minimum atomic E-state index is -4.06. The third kappa shape index (κ3) is 3.13. The molecule has 0 aromatic rings. The summed E-state index contributed by atoms with van der Waals surface area (Å²) in [6.45, 7) is 1.54. The molecule has 1 unspecified atom stereocenters. The van der Waals surface area contributed by atoms with E-state index in [2.05, 4.69) is 10.1 Å². The summed E-state index contributed by atoms with van der Waals surface area (Å²) in [6.07, 6.45) is -3.74. The maximum absolute atomic E-state index is 12.6. The Bertz CT molecular complexity index is 478. The summed E-state index contributed by atoms with van der Waals surface area (Å²) in [7, 11) is -1.61. The van der Waals surface area contributed by atoms with E-state index in [0.29, 0.717) is 10.5 Å². The number of nitrogens with one attached hydrogen (secondary N) is 1. The molecule has 0 amide bonds. The molecule has 1 heterocycles. The number of allylic oxidation sites excluding steroid dienone is 1. The monoisotopic (exact) mass is 299 g/mol. The largest absolute Gasteiger partial charge is 0.463 e. The molecule has 1 rings (SSSR count). The molecule has 0 aliphatic carbocycles. The first-order chi connectivity index (χ1) is 8.71. The number of carbonyl (C=O) groups is 1. The lowest BCUT2D eigenvalue weighted by atomic mass is 10.5. The topological polar surface area (TPSA) is 79.0 Å². The lowest BCUT2D eigenvalue weighted by molar-refractivity contribution is -0.147. The van der Waals surface area contributed by atoms with Crippen LogP contribution in [0.1, 0.15) is 6.92 Å². The molecule has 0 bridgehead atoms. The summed E-state index contributed by atoms with van der Waals surface area (Å²) in [5.74, 6) is -0.945. The number of halogens is 2. The summed E-state index contributed by atoms with van der Waals surface area (Å²) >= 11 is 0. The fourth-order valence-electron chi connectivity index (χ4n) is 1.36. The highest BCUT2D eigenvalue weighted by Crippen LogP contribution is 2.22. The Morgan fingerprint density at radius 3 is 2.58 bits per heavy atom. The molecule has 10 heteroatoms. The van der Waals surface area contributed by atoms with Crippen LogP contribution in [0, 0.1) is 0 Å². The summed E-state index contributed by atoms with van der Waals surface area (Å²) in [4.78, 5) is 11.6. The first-order valence-corrected chi connectivity index (χ1v) is 6.75. The zero-order valence-corrected chi connectivity index (χ0v) is 11.4. The second-order valence-corrected chi connectivity index (χ2v) is 5.85. The average Bonchev–Trinajstić information content (AvgIpc) is 2.74. The average molecular weight is 299 g/mol. The summed E-state index contributed by atoms with van der Waals surface area (Å²) in [5.41, 5.74) is -0.650. The van der Waals surface area contributed by atoms with E-state index in [1.54, 1.807) is 0 Å². The van der Waals surface area contributed by atoms with Crippen molar-refractivity contribution in [1.82, 2.24) is 13.9 Å². The Kier molecular flexibility index (Phi) is 4.69. The van der Waals surface area contributed by atoms with Gasteiger partial charge in [-0.1, -0.05) is 0 Å². The van der Waals surface area contributed by atoms with Gasteiger partial charge in [0.1, 0.15) is 0 Å². The van der Waals surface area contributed by atoms with Crippen molar-refractivity contribution in [3.05, 3.63) is 11.9 Å². The third-order valence-corrected chi connectivity index (χ3v) is 4.07. The minimum absolute atomic E-state index is 0.0108. The molecule has 0 spiro atoms. The van der Waals surface area contributed by atoms with E-state index in [1.165, 1.54) is 21.0 Å². The number of nitrogens with zero attached hydrogens (tertiary/aromatic N) is 2. The Hall–Kier alpha value is -1.42. The predicted octanol–water partition coefficient (Wildman–Crippen LogP) is -0.306. The Morgan fingerprint density at radius 1 is 1.58 bits per heavy atom. The number of alkyl halides is 2. The van der Waals surface area contributed by atoms with Crippen molar-refractivity contribution in [2.75, 3.05) is 20.7 Å². The van der Waals surface area contributed by atoms with Crippen LogP contribution >= 0.6 is 0 Å². The van der Waals surface area contributed by atoms with E-state index >= 15 is 0 Å². The second kappa shape index (κ2) is 5.70. The van der Waals surface area contributed by atoms with Gasteiger partial charge in [-0.2, -0.15) is 12.7 Å². The van der Waals surface area contributed by atoms with Crippen molar-refractivity contribution >= 4 is 16.2 Å². The van der Waals surface area contributed by atoms with Crippen molar-refractivity contribution in [1.29, 1.82) is 0 Å². The number of carbonyl (C=O) groups excluding carboxylic acids is 1. The van der Waals surface area contributed by atoms with Crippen molar-refractivity contribution in [2.45, 2.75) is 19.5 Å². The van der Waals surface area contributed by atoms with E-state index < -0.39 is 34.5 Å². The highest BCUT2D eigenvalue weighted by molar-refractivity contribution is 7.86. The van der Waals surface area contributed by atoms with Crippen LogP contribution in [0.15, 0.2) is 11.9 Å². The molecule has 7 nitrogen and oxygen atoms in total. The molecule has 110 valence electrons. The molecule has 1 aliphatic heterocycles. The first-order valence-electron chi connectivity index (χ1n) is 5.35. The van der Waals surface area contributed by atoms with Crippen LogP contribution in [0.25, 0.3) is 0 Å². The van der Waals surface area contributed by atoms with Gasteiger partial charge in [0, 0.05) is 20.3 Å². The van der Waals surface area contributed by atoms with Gasteiger partial charge in [0.05, 0.1) is 12.3 Å². The molecule has 0 aromatic heterocycles. The molecule has 1 atom stereocenters. The fraction of sp³-hybridized carbons (Fsp3) is 0.667. The van der Waals surface area contributed by atoms with E-state index in [-0.39, 0.29) is 6.61 Å². The van der Waals surface area contributed by atoms with Crippen LogP contribution in [0.5, 0.6) is 0 Å². The lowest BCUT2D eigenvalue weighted by Crippen LogP contribution is -2.50. The smallest absolute Gasteiger partial charge is 0.350 e. The number of hydrogen-bond donors (Lipinski definition) is 1. The zero-order valence-electron chi connectivity index (χ0n) is 10.6. The van der Waals surface area contributed by atoms with Gasteiger partial charge in [0.2, 0.25) is 6.17 Å². The van der Waals surface area contributed by atoms with Gasteiger partial charge in [0.15, 0.2) is 0 Å². The van der Waals surface area contributed by atoms with Crippen molar-refractivity contribution in [2.24, 2.45) is 0 Å². The highest BCUT2D eigenvalue weighted by Gasteiger charge is 2.41. The van der Waals surface area contributed by atoms with Crippen LogP contribution in [0.4, 0.5) is 8.78 Å². The molecule has 1 aliphatic rings. The van der Waals surface area contributed by atoms with E-state index in [9.17, 15) is 22.0 Å². The van der Waals surface area contributed by atoms with Crippen molar-refractivity contribution in [3.63, 3.8) is 0 Å². The Morgan fingerprint density at radius 2 is 2.16 bits per heavy atom. The molecule has 0 saturated heterocycles. The van der Waals surface area contributed by atoms with Gasteiger partial charge < -0.3 is 10.1 Å². The van der Waals surface area contributed by atoms with E-state index in [0.717, 1.165) is 4.31 Å². The van der Waals surface area contributed by atoms with Crippen molar-refractivity contribution < 1.29 is 26.7 Å². The van der Waals surface area contributed by atoms with Crippen LogP contribution < -0.4 is 5.32 Å². The van der Waals surface area contributed by atoms with Crippen molar-refractivity contribution in [3.8, 4) is 0 Å². The van der Waals surface area contributed by atoms with Gasteiger partial charge in [-0.3, -0.25) is 0 Å². The molecule has 19 heavy (non-hydrogen) atoms. The minimum Gasteiger partial charge on any atom is -0.463 e. The van der Waals surface area contributed by atoms with Gasteiger partial charge in [-0.15, -0.1) is 0 Å². The molecule has 0 fully saturated rings. The second-order valence-electron chi connectivity index (χ2n) is 3.80. The standard InChI is InChI=1S/C9H15F2N3O4S/c1-4-18-9(15)8-12-6(7(10)11)5-14(8)19(16,17)13(2)3/h5,7-8,12H,4H2,1-3H3. The third-order valence-electron chi connectivity index (χ3n) is 2.30. The Balaban J connectivity index is 3.10. The van der Waals surface area contributed by atoms with Crippen LogP contribution in [0.2, 0.25) is 0 Å². The summed E-state index contributed by atoms with van der Waals surface area (Å²) in [6, 6.07) is 0. The maximum Gasteiger partial charge on any atom is 0.350 e. The highest BCUT2D eigenvalue weighted by atomic mass is 32.2. The van der Waals surface area contributed by atoms with Gasteiger partial charge in [0.25, 0.3) is 6.43 Å². The van der Waals surface area contributed by atoms with Gasteiger partial charge in [-0.05, 0) is 6.92 Å². The Labute approximate surface area is 110 Å². The molecule has 0 aromatic carbocycles. The van der Waals surface area contributed by atoms with E-state index in [4.69, 9.17) is 0 Å².